The van der Waals surface area contributed by atoms with Crippen molar-refractivity contribution >= 4 is 17.3 Å². The van der Waals surface area contributed by atoms with Gasteiger partial charge in [0.2, 0.25) is 0 Å². The second kappa shape index (κ2) is 4.26. The molecule has 0 spiro atoms. The van der Waals surface area contributed by atoms with Crippen molar-refractivity contribution in [2.75, 3.05) is 6.54 Å². The number of rotatable bonds is 3. The third-order valence-electron chi connectivity index (χ3n) is 2.89. The molecule has 3 nitrogen and oxygen atoms in total. The van der Waals surface area contributed by atoms with Gasteiger partial charge in [-0.15, -0.1) is 0 Å². The molecular formula is C12H18N2OS. The molecule has 1 aliphatic heterocycles. The van der Waals surface area contributed by atoms with E-state index in [9.17, 15) is 4.79 Å². The molecule has 0 bridgehead atoms. The number of aromatic nitrogens is 1. The highest BCUT2D eigenvalue weighted by Gasteiger charge is 2.25. The van der Waals surface area contributed by atoms with Crippen LogP contribution >= 0.6 is 11.5 Å². The van der Waals surface area contributed by atoms with Gasteiger partial charge in [-0.1, -0.05) is 20.8 Å². The van der Waals surface area contributed by atoms with Crippen molar-refractivity contribution in [2.24, 2.45) is 0 Å². The summed E-state index contributed by atoms with van der Waals surface area (Å²) in [5.41, 5.74) is 1.16. The van der Waals surface area contributed by atoms with Crippen molar-refractivity contribution in [3.05, 3.63) is 16.6 Å². The lowest BCUT2D eigenvalue weighted by atomic mass is 9.92. The molecule has 1 aromatic rings. The normalized spacial score (nSPS) is 20.6. The van der Waals surface area contributed by atoms with Gasteiger partial charge in [-0.2, -0.15) is 4.37 Å². The molecule has 1 aliphatic rings. The molecular weight excluding hydrogens is 220 g/mol. The van der Waals surface area contributed by atoms with Gasteiger partial charge in [0, 0.05) is 16.7 Å². The van der Waals surface area contributed by atoms with E-state index in [1.165, 1.54) is 11.5 Å². The number of ketones is 1. The number of carbonyl (C=O) groups excluding carboxylic acids is 1. The Morgan fingerprint density at radius 3 is 2.75 bits per heavy atom. The van der Waals surface area contributed by atoms with E-state index in [0.717, 1.165) is 23.5 Å². The Balaban J connectivity index is 1.99. The minimum atomic E-state index is 0.0759. The zero-order valence-corrected chi connectivity index (χ0v) is 10.9. The average molecular weight is 238 g/mol. The SMILES string of the molecule is CC(C)(C)c1cc(CC(=O)[C@@H]2CCN2)sn1. The second-order valence-corrected chi connectivity index (χ2v) is 6.26. The summed E-state index contributed by atoms with van der Waals surface area (Å²) < 4.78 is 4.41. The summed E-state index contributed by atoms with van der Waals surface area (Å²) in [7, 11) is 0. The summed E-state index contributed by atoms with van der Waals surface area (Å²) in [5.74, 6) is 0.301. The van der Waals surface area contributed by atoms with Crippen molar-refractivity contribution in [1.29, 1.82) is 0 Å². The van der Waals surface area contributed by atoms with E-state index >= 15 is 0 Å². The van der Waals surface area contributed by atoms with Crippen LogP contribution in [0.1, 0.15) is 37.8 Å². The molecule has 0 aromatic carbocycles. The highest BCUT2D eigenvalue weighted by atomic mass is 32.1. The molecule has 2 rings (SSSR count). The smallest absolute Gasteiger partial charge is 0.155 e. The maximum atomic E-state index is 11.8. The Hall–Kier alpha value is -0.740. The lowest BCUT2D eigenvalue weighted by Gasteiger charge is -2.25. The van der Waals surface area contributed by atoms with Crippen LogP contribution in [-0.2, 0) is 16.6 Å². The van der Waals surface area contributed by atoms with Crippen molar-refractivity contribution in [3.8, 4) is 0 Å². The maximum absolute atomic E-state index is 11.8. The molecule has 1 saturated heterocycles. The van der Waals surface area contributed by atoms with Crippen LogP contribution in [0.2, 0.25) is 0 Å². The van der Waals surface area contributed by atoms with E-state index in [2.05, 4.69) is 36.5 Å². The van der Waals surface area contributed by atoms with Gasteiger partial charge in [0.25, 0.3) is 0 Å². The quantitative estimate of drug-likeness (QED) is 0.874. The highest BCUT2D eigenvalue weighted by molar-refractivity contribution is 7.05. The number of Topliss-reactive ketones (excluding diaryl/α,β-unsaturated/α-hetero) is 1. The van der Waals surface area contributed by atoms with Crippen LogP contribution < -0.4 is 5.32 Å². The molecule has 0 aliphatic carbocycles. The van der Waals surface area contributed by atoms with Gasteiger partial charge in [0.1, 0.15) is 0 Å². The van der Waals surface area contributed by atoms with E-state index in [1.807, 2.05) is 0 Å². The monoisotopic (exact) mass is 238 g/mol. The van der Waals surface area contributed by atoms with Crippen molar-refractivity contribution in [3.63, 3.8) is 0 Å². The van der Waals surface area contributed by atoms with Crippen LogP contribution in [0.25, 0.3) is 0 Å². The number of hydrogen-bond acceptors (Lipinski definition) is 4. The predicted octanol–water partition coefficient (Wildman–Crippen LogP) is 1.91. The van der Waals surface area contributed by atoms with Crippen LogP contribution in [0, 0.1) is 0 Å². The first kappa shape index (κ1) is 11.7. The minimum Gasteiger partial charge on any atom is -0.307 e. The van der Waals surface area contributed by atoms with Gasteiger partial charge in [-0.05, 0) is 30.6 Å². The first-order valence-electron chi connectivity index (χ1n) is 5.69. The van der Waals surface area contributed by atoms with Crippen LogP contribution in [0.5, 0.6) is 0 Å². The summed E-state index contributed by atoms with van der Waals surface area (Å²) in [6.07, 6.45) is 1.52. The lowest BCUT2D eigenvalue weighted by Crippen LogP contribution is -2.48. The summed E-state index contributed by atoms with van der Waals surface area (Å²) in [6, 6.07) is 2.17. The van der Waals surface area contributed by atoms with Crippen molar-refractivity contribution in [1.82, 2.24) is 9.69 Å². The Bertz CT molecular complexity index is 388. The van der Waals surface area contributed by atoms with E-state index in [1.54, 1.807) is 0 Å². The molecule has 2 heterocycles. The molecule has 0 unspecified atom stereocenters. The Morgan fingerprint density at radius 2 is 2.31 bits per heavy atom. The van der Waals surface area contributed by atoms with Gasteiger partial charge in [0.15, 0.2) is 5.78 Å². The standard InChI is InChI=1S/C12H18N2OS/c1-12(2,3)11-7-8(16-14-11)6-10(15)9-4-5-13-9/h7,9,13H,4-6H2,1-3H3/t9-/m0/s1. The third-order valence-corrected chi connectivity index (χ3v) is 3.67. The van der Waals surface area contributed by atoms with E-state index in [0.29, 0.717) is 12.2 Å². The topological polar surface area (TPSA) is 42.0 Å². The molecule has 0 saturated carbocycles. The molecule has 1 aromatic heterocycles. The lowest BCUT2D eigenvalue weighted by molar-refractivity contribution is -0.121. The maximum Gasteiger partial charge on any atom is 0.155 e. The summed E-state index contributed by atoms with van der Waals surface area (Å²) in [4.78, 5) is 12.9. The zero-order valence-electron chi connectivity index (χ0n) is 10.0. The van der Waals surface area contributed by atoms with Gasteiger partial charge in [0.05, 0.1) is 11.7 Å². The molecule has 1 fully saturated rings. The first-order chi connectivity index (χ1) is 7.47. The molecule has 0 radical (unpaired) electrons. The summed E-state index contributed by atoms with van der Waals surface area (Å²) >= 11 is 1.46. The fourth-order valence-corrected chi connectivity index (χ4v) is 2.52. The van der Waals surface area contributed by atoms with E-state index < -0.39 is 0 Å². The molecule has 1 atom stereocenters. The van der Waals surface area contributed by atoms with Gasteiger partial charge in [-0.3, -0.25) is 4.79 Å². The van der Waals surface area contributed by atoms with E-state index in [-0.39, 0.29) is 11.5 Å². The zero-order chi connectivity index (χ0) is 11.8. The first-order valence-corrected chi connectivity index (χ1v) is 6.46. The number of carbonyl (C=O) groups is 1. The van der Waals surface area contributed by atoms with Gasteiger partial charge < -0.3 is 5.32 Å². The van der Waals surface area contributed by atoms with Gasteiger partial charge in [-0.25, -0.2) is 0 Å². The van der Waals surface area contributed by atoms with Gasteiger partial charge >= 0.3 is 0 Å². The van der Waals surface area contributed by atoms with Crippen LogP contribution in [0.15, 0.2) is 6.07 Å². The summed E-state index contributed by atoms with van der Waals surface area (Å²) in [6.45, 7) is 7.40. The summed E-state index contributed by atoms with van der Waals surface area (Å²) in [5, 5.41) is 3.14. The van der Waals surface area contributed by atoms with Crippen LogP contribution in [0.4, 0.5) is 0 Å². The molecule has 1 N–H and O–H groups in total. The fourth-order valence-electron chi connectivity index (χ4n) is 1.61. The number of nitrogens with zero attached hydrogens (tertiary/aromatic N) is 1. The number of hydrogen-bond donors (Lipinski definition) is 1. The molecule has 4 heteroatoms. The van der Waals surface area contributed by atoms with E-state index in [4.69, 9.17) is 0 Å². The minimum absolute atomic E-state index is 0.0759. The van der Waals surface area contributed by atoms with Crippen molar-refractivity contribution < 1.29 is 4.79 Å². The second-order valence-electron chi connectivity index (χ2n) is 5.37. The average Bonchev–Trinajstić information content (AvgIpc) is 2.47. The van der Waals surface area contributed by atoms with Crippen LogP contribution in [0.3, 0.4) is 0 Å². The highest BCUT2D eigenvalue weighted by Crippen LogP contribution is 2.24. The molecule has 88 valence electrons. The Labute approximate surface area is 100 Å². The Kier molecular flexibility index (Phi) is 3.13. The van der Waals surface area contributed by atoms with Crippen LogP contribution in [-0.4, -0.2) is 22.7 Å². The molecule has 0 amide bonds. The Morgan fingerprint density at radius 1 is 1.62 bits per heavy atom. The largest absolute Gasteiger partial charge is 0.307 e. The fraction of sp³-hybridized carbons (Fsp3) is 0.667. The molecule has 16 heavy (non-hydrogen) atoms. The van der Waals surface area contributed by atoms with Crippen molar-refractivity contribution in [2.45, 2.75) is 45.1 Å². The predicted molar refractivity (Wildman–Crippen MR) is 65.9 cm³/mol. The third kappa shape index (κ3) is 2.50. The number of nitrogens with one attached hydrogen (secondary N) is 1.